The Morgan fingerprint density at radius 1 is 1.30 bits per heavy atom. The second-order valence-electron chi connectivity index (χ2n) is 5.26. The maximum absolute atomic E-state index is 11.4. The molecule has 0 aliphatic rings. The minimum absolute atomic E-state index is 0.350. The normalized spacial score (nSPS) is 12.4. The fraction of sp³-hybridized carbons (Fsp3) is 0.176. The third-order valence-corrected chi connectivity index (χ3v) is 4.89. The van der Waals surface area contributed by atoms with Crippen LogP contribution in [0.3, 0.4) is 0 Å². The van der Waals surface area contributed by atoms with Crippen LogP contribution in [-0.2, 0) is 11.3 Å². The van der Waals surface area contributed by atoms with E-state index in [1.54, 1.807) is 6.92 Å². The van der Waals surface area contributed by atoms with E-state index in [2.05, 4.69) is 21.7 Å². The Kier molecular flexibility index (Phi) is 4.59. The van der Waals surface area contributed by atoms with Gasteiger partial charge in [-0.05, 0) is 30.7 Å². The van der Waals surface area contributed by atoms with Crippen LogP contribution in [0, 0.1) is 0 Å². The fourth-order valence-corrected chi connectivity index (χ4v) is 3.35. The number of primary amides is 1. The Morgan fingerprint density at radius 2 is 2.04 bits per heavy atom. The standard InChI is InChI=1S/C17H16ClN3OS/c1-11(16(19)22)23-17-20-14-9-13(18)7-8-15(14)21(17)10-12-5-3-2-4-6-12/h2-9,11H,10H2,1H3,(H2,19,22)/t11-/m0/s1. The number of benzene rings is 2. The molecule has 23 heavy (non-hydrogen) atoms. The molecule has 3 aromatic rings. The van der Waals surface area contributed by atoms with Gasteiger partial charge in [-0.1, -0.05) is 53.7 Å². The van der Waals surface area contributed by atoms with E-state index in [0.717, 1.165) is 21.8 Å². The van der Waals surface area contributed by atoms with Crippen molar-refractivity contribution in [3.8, 4) is 0 Å². The highest BCUT2D eigenvalue weighted by atomic mass is 35.5. The molecule has 118 valence electrons. The van der Waals surface area contributed by atoms with Gasteiger partial charge in [-0.25, -0.2) is 4.98 Å². The maximum Gasteiger partial charge on any atom is 0.230 e. The van der Waals surface area contributed by atoms with E-state index in [1.807, 2.05) is 36.4 Å². The minimum Gasteiger partial charge on any atom is -0.369 e. The molecule has 1 amide bonds. The van der Waals surface area contributed by atoms with Crippen LogP contribution in [0.25, 0.3) is 11.0 Å². The van der Waals surface area contributed by atoms with Crippen LogP contribution in [0.5, 0.6) is 0 Å². The summed E-state index contributed by atoms with van der Waals surface area (Å²) in [7, 11) is 0. The van der Waals surface area contributed by atoms with Crippen molar-refractivity contribution >= 4 is 40.3 Å². The van der Waals surface area contributed by atoms with Gasteiger partial charge in [-0.2, -0.15) is 0 Å². The number of hydrogen-bond acceptors (Lipinski definition) is 3. The Morgan fingerprint density at radius 3 is 2.74 bits per heavy atom. The summed E-state index contributed by atoms with van der Waals surface area (Å²) < 4.78 is 2.09. The molecule has 3 rings (SSSR count). The van der Waals surface area contributed by atoms with Gasteiger partial charge in [0.15, 0.2) is 5.16 Å². The highest BCUT2D eigenvalue weighted by Crippen LogP contribution is 2.29. The van der Waals surface area contributed by atoms with Crippen LogP contribution in [-0.4, -0.2) is 20.7 Å². The molecule has 6 heteroatoms. The molecule has 0 bridgehead atoms. The van der Waals surface area contributed by atoms with Crippen molar-refractivity contribution in [2.45, 2.75) is 23.9 Å². The van der Waals surface area contributed by atoms with Crippen molar-refractivity contribution < 1.29 is 4.79 Å². The number of nitrogens with two attached hydrogens (primary N) is 1. The summed E-state index contributed by atoms with van der Waals surface area (Å²) >= 11 is 7.43. The summed E-state index contributed by atoms with van der Waals surface area (Å²) in [4.78, 5) is 16.0. The molecule has 1 atom stereocenters. The molecule has 2 aromatic carbocycles. The highest BCUT2D eigenvalue weighted by molar-refractivity contribution is 8.00. The summed E-state index contributed by atoms with van der Waals surface area (Å²) in [6, 6.07) is 15.7. The number of imidazole rings is 1. The van der Waals surface area contributed by atoms with Crippen molar-refractivity contribution in [2.75, 3.05) is 0 Å². The van der Waals surface area contributed by atoms with Crippen LogP contribution in [0.2, 0.25) is 5.02 Å². The number of halogens is 1. The lowest BCUT2D eigenvalue weighted by atomic mass is 10.2. The average molecular weight is 346 g/mol. The van der Waals surface area contributed by atoms with Gasteiger partial charge in [-0.3, -0.25) is 4.79 Å². The molecule has 0 unspecified atom stereocenters. The van der Waals surface area contributed by atoms with E-state index < -0.39 is 0 Å². The number of nitrogens with zero attached hydrogens (tertiary/aromatic N) is 2. The molecule has 0 radical (unpaired) electrons. The zero-order chi connectivity index (χ0) is 16.4. The molecule has 0 spiro atoms. The van der Waals surface area contributed by atoms with Gasteiger partial charge in [0.05, 0.1) is 22.8 Å². The lowest BCUT2D eigenvalue weighted by molar-refractivity contribution is -0.117. The molecule has 2 N–H and O–H groups in total. The zero-order valence-electron chi connectivity index (χ0n) is 12.6. The fourth-order valence-electron chi connectivity index (χ4n) is 2.31. The third-order valence-electron chi connectivity index (χ3n) is 3.54. The average Bonchev–Trinajstić information content (AvgIpc) is 2.85. The Bertz CT molecular complexity index is 848. The van der Waals surface area contributed by atoms with E-state index in [4.69, 9.17) is 17.3 Å². The molecule has 0 aliphatic carbocycles. The number of thioether (sulfide) groups is 1. The zero-order valence-corrected chi connectivity index (χ0v) is 14.1. The quantitative estimate of drug-likeness (QED) is 0.717. The summed E-state index contributed by atoms with van der Waals surface area (Å²) in [6.07, 6.45) is 0. The second kappa shape index (κ2) is 6.64. The first-order chi connectivity index (χ1) is 11.0. The van der Waals surface area contributed by atoms with Gasteiger partial charge in [0.2, 0.25) is 5.91 Å². The number of fused-ring (bicyclic) bond motifs is 1. The van der Waals surface area contributed by atoms with Crippen molar-refractivity contribution in [1.82, 2.24) is 9.55 Å². The van der Waals surface area contributed by atoms with Gasteiger partial charge < -0.3 is 10.3 Å². The SMILES string of the molecule is C[C@H](Sc1nc2cc(Cl)ccc2n1Cc1ccccc1)C(N)=O. The lowest BCUT2D eigenvalue weighted by Crippen LogP contribution is -2.23. The first-order valence-electron chi connectivity index (χ1n) is 7.20. The molecule has 0 saturated carbocycles. The molecule has 1 heterocycles. The predicted octanol–water partition coefficient (Wildman–Crippen LogP) is 3.70. The summed E-state index contributed by atoms with van der Waals surface area (Å²) in [6.45, 7) is 2.46. The number of rotatable bonds is 5. The molecular formula is C17H16ClN3OS. The van der Waals surface area contributed by atoms with Crippen LogP contribution >= 0.6 is 23.4 Å². The molecule has 1 aromatic heterocycles. The maximum atomic E-state index is 11.4. The first kappa shape index (κ1) is 15.9. The largest absolute Gasteiger partial charge is 0.369 e. The number of hydrogen-bond donors (Lipinski definition) is 1. The summed E-state index contributed by atoms with van der Waals surface area (Å²) in [5.74, 6) is -0.355. The van der Waals surface area contributed by atoms with Crippen molar-refractivity contribution in [2.24, 2.45) is 5.73 Å². The van der Waals surface area contributed by atoms with Gasteiger partial charge >= 0.3 is 0 Å². The molecule has 0 saturated heterocycles. The van der Waals surface area contributed by atoms with Crippen molar-refractivity contribution in [3.63, 3.8) is 0 Å². The Hall–Kier alpha value is -1.98. The van der Waals surface area contributed by atoms with Crippen LogP contribution < -0.4 is 5.73 Å². The monoisotopic (exact) mass is 345 g/mol. The Labute approximate surface area is 143 Å². The van der Waals surface area contributed by atoms with E-state index in [-0.39, 0.29) is 11.2 Å². The predicted molar refractivity (Wildman–Crippen MR) is 94.8 cm³/mol. The van der Waals surface area contributed by atoms with Gasteiger partial charge in [-0.15, -0.1) is 0 Å². The first-order valence-corrected chi connectivity index (χ1v) is 8.46. The molecule has 0 fully saturated rings. The number of amides is 1. The van der Waals surface area contributed by atoms with Crippen molar-refractivity contribution in [3.05, 3.63) is 59.1 Å². The molecule has 4 nitrogen and oxygen atoms in total. The smallest absolute Gasteiger partial charge is 0.230 e. The third kappa shape index (κ3) is 3.51. The van der Waals surface area contributed by atoms with Crippen molar-refractivity contribution in [1.29, 1.82) is 0 Å². The number of carbonyl (C=O) groups is 1. The van der Waals surface area contributed by atoms with Gasteiger partial charge in [0.25, 0.3) is 0 Å². The van der Waals surface area contributed by atoms with E-state index in [1.165, 1.54) is 11.8 Å². The van der Waals surface area contributed by atoms with E-state index >= 15 is 0 Å². The second-order valence-corrected chi connectivity index (χ2v) is 7.01. The lowest BCUT2D eigenvalue weighted by Gasteiger charge is -2.11. The van der Waals surface area contributed by atoms with Crippen LogP contribution in [0.15, 0.2) is 53.7 Å². The topological polar surface area (TPSA) is 60.9 Å². The molecular weight excluding hydrogens is 330 g/mol. The van der Waals surface area contributed by atoms with Gasteiger partial charge in [0, 0.05) is 5.02 Å². The van der Waals surface area contributed by atoms with Crippen LogP contribution in [0.4, 0.5) is 0 Å². The molecule has 0 aliphatic heterocycles. The highest BCUT2D eigenvalue weighted by Gasteiger charge is 2.18. The summed E-state index contributed by atoms with van der Waals surface area (Å²) in [5.41, 5.74) is 8.35. The van der Waals surface area contributed by atoms with Gasteiger partial charge in [0.1, 0.15) is 0 Å². The minimum atomic E-state index is -0.355. The Balaban J connectivity index is 2.06. The van der Waals surface area contributed by atoms with E-state index in [0.29, 0.717) is 11.6 Å². The van der Waals surface area contributed by atoms with E-state index in [9.17, 15) is 4.79 Å². The number of aromatic nitrogens is 2. The van der Waals surface area contributed by atoms with Crippen LogP contribution in [0.1, 0.15) is 12.5 Å². The summed E-state index contributed by atoms with van der Waals surface area (Å²) in [5, 5.41) is 1.05. The number of carbonyl (C=O) groups excluding carboxylic acids is 1.